The van der Waals surface area contributed by atoms with Crippen molar-refractivity contribution in [2.45, 2.75) is 37.6 Å². The molecule has 1 aromatic carbocycles. The number of rotatable bonds is 2. The molecule has 15 heavy (non-hydrogen) atoms. The van der Waals surface area contributed by atoms with Crippen LogP contribution in [0.4, 0.5) is 0 Å². The Morgan fingerprint density at radius 3 is 2.73 bits per heavy atom. The molecule has 1 aromatic rings. The van der Waals surface area contributed by atoms with Gasteiger partial charge in [0.25, 0.3) is 0 Å². The Balaban J connectivity index is 1.71. The molecule has 4 atom stereocenters. The van der Waals surface area contributed by atoms with Gasteiger partial charge in [-0.1, -0.05) is 37.3 Å². The molecule has 0 aliphatic carbocycles. The van der Waals surface area contributed by atoms with E-state index in [-0.39, 0.29) is 0 Å². The summed E-state index contributed by atoms with van der Waals surface area (Å²) in [7, 11) is 0. The summed E-state index contributed by atoms with van der Waals surface area (Å²) >= 11 is 0. The highest BCUT2D eigenvalue weighted by Gasteiger charge is 2.46. The van der Waals surface area contributed by atoms with E-state index in [0.29, 0.717) is 24.2 Å². The maximum atomic E-state index is 5.82. The predicted octanol–water partition coefficient (Wildman–Crippen LogP) is 2.35. The van der Waals surface area contributed by atoms with Crippen molar-refractivity contribution in [1.82, 2.24) is 0 Å². The van der Waals surface area contributed by atoms with Gasteiger partial charge >= 0.3 is 0 Å². The fourth-order valence-corrected chi connectivity index (χ4v) is 2.37. The second-order valence-corrected chi connectivity index (χ2v) is 4.52. The van der Waals surface area contributed by atoms with Crippen LogP contribution in [-0.4, -0.2) is 24.9 Å². The number of ether oxygens (including phenoxy) is 2. The van der Waals surface area contributed by atoms with E-state index < -0.39 is 0 Å². The lowest BCUT2D eigenvalue weighted by atomic mass is 9.91. The van der Waals surface area contributed by atoms with Gasteiger partial charge in [-0.3, -0.25) is 0 Å². The van der Waals surface area contributed by atoms with Gasteiger partial charge in [-0.2, -0.15) is 0 Å². The average molecular weight is 204 g/mol. The van der Waals surface area contributed by atoms with Crippen LogP contribution in [0.25, 0.3) is 0 Å². The summed E-state index contributed by atoms with van der Waals surface area (Å²) < 4.78 is 11.3. The number of benzene rings is 1. The molecule has 0 saturated carbocycles. The zero-order valence-electron chi connectivity index (χ0n) is 8.93. The van der Waals surface area contributed by atoms with E-state index in [4.69, 9.17) is 9.47 Å². The number of hydrogen-bond acceptors (Lipinski definition) is 2. The minimum Gasteiger partial charge on any atom is -0.375 e. The van der Waals surface area contributed by atoms with Gasteiger partial charge in [-0.15, -0.1) is 0 Å². The molecule has 2 saturated heterocycles. The quantitative estimate of drug-likeness (QED) is 0.690. The van der Waals surface area contributed by atoms with E-state index >= 15 is 0 Å². The van der Waals surface area contributed by atoms with E-state index in [1.165, 1.54) is 5.56 Å². The Labute approximate surface area is 90.2 Å². The lowest BCUT2D eigenvalue weighted by Crippen LogP contribution is -2.29. The molecular weight excluding hydrogens is 188 g/mol. The van der Waals surface area contributed by atoms with Crippen LogP contribution in [0.1, 0.15) is 24.8 Å². The number of hydrogen-bond donors (Lipinski definition) is 0. The van der Waals surface area contributed by atoms with Crippen LogP contribution >= 0.6 is 0 Å². The van der Waals surface area contributed by atoms with Crippen LogP contribution < -0.4 is 0 Å². The minimum atomic E-state index is 0.330. The first-order chi connectivity index (χ1) is 7.34. The maximum absolute atomic E-state index is 5.82. The van der Waals surface area contributed by atoms with Gasteiger partial charge in [-0.25, -0.2) is 0 Å². The molecule has 2 aliphatic heterocycles. The van der Waals surface area contributed by atoms with Gasteiger partial charge in [0.1, 0.15) is 6.10 Å². The molecule has 2 heteroatoms. The Morgan fingerprint density at radius 2 is 2.00 bits per heavy atom. The molecule has 2 heterocycles. The van der Waals surface area contributed by atoms with Crippen molar-refractivity contribution in [2.24, 2.45) is 0 Å². The number of fused-ring (bicyclic) bond motifs is 1. The second-order valence-electron chi connectivity index (χ2n) is 4.52. The third-order valence-electron chi connectivity index (χ3n) is 3.51. The van der Waals surface area contributed by atoms with Crippen LogP contribution in [0, 0.1) is 0 Å². The Morgan fingerprint density at radius 1 is 1.20 bits per heavy atom. The average Bonchev–Trinajstić information content (AvgIpc) is 3.07. The normalized spacial score (nSPS) is 35.7. The Bertz CT molecular complexity index is 336. The first-order valence-electron chi connectivity index (χ1n) is 5.66. The third-order valence-corrected chi connectivity index (χ3v) is 3.51. The zero-order valence-corrected chi connectivity index (χ0v) is 8.93. The van der Waals surface area contributed by atoms with E-state index in [9.17, 15) is 0 Å². The number of epoxide rings is 1. The lowest BCUT2D eigenvalue weighted by Gasteiger charge is -2.26. The molecule has 2 fully saturated rings. The molecule has 80 valence electrons. The minimum absolute atomic E-state index is 0.330. The van der Waals surface area contributed by atoms with Crippen molar-refractivity contribution in [1.29, 1.82) is 0 Å². The molecule has 0 aromatic heterocycles. The second kappa shape index (κ2) is 3.62. The van der Waals surface area contributed by atoms with Crippen molar-refractivity contribution in [3.05, 3.63) is 35.9 Å². The smallest absolute Gasteiger partial charge is 0.108 e. The van der Waals surface area contributed by atoms with Crippen molar-refractivity contribution < 1.29 is 9.47 Å². The summed E-state index contributed by atoms with van der Waals surface area (Å²) in [5.74, 6) is 0.469. The van der Waals surface area contributed by atoms with E-state index in [1.807, 2.05) is 0 Å². The third kappa shape index (κ3) is 1.80. The summed E-state index contributed by atoms with van der Waals surface area (Å²) in [4.78, 5) is 0. The highest BCUT2D eigenvalue weighted by molar-refractivity contribution is 5.20. The van der Waals surface area contributed by atoms with Crippen LogP contribution in [-0.2, 0) is 9.47 Å². The molecule has 0 bridgehead atoms. The van der Waals surface area contributed by atoms with Crippen LogP contribution in [0.2, 0.25) is 0 Å². The maximum Gasteiger partial charge on any atom is 0.108 e. The van der Waals surface area contributed by atoms with Gasteiger partial charge in [0.15, 0.2) is 0 Å². The first-order valence-corrected chi connectivity index (χ1v) is 5.66. The molecule has 2 aliphatic rings. The summed E-state index contributed by atoms with van der Waals surface area (Å²) in [6.45, 7) is 3.02. The predicted molar refractivity (Wildman–Crippen MR) is 57.9 cm³/mol. The Kier molecular flexibility index (Phi) is 2.26. The largest absolute Gasteiger partial charge is 0.375 e. The molecule has 3 rings (SSSR count). The highest BCUT2D eigenvalue weighted by Crippen LogP contribution is 2.37. The van der Waals surface area contributed by atoms with Crippen molar-refractivity contribution in [2.75, 3.05) is 6.61 Å². The molecule has 0 radical (unpaired) electrons. The summed E-state index contributed by atoms with van der Waals surface area (Å²) in [6.07, 6.45) is 2.27. The lowest BCUT2D eigenvalue weighted by molar-refractivity contribution is 0.0156. The molecule has 0 N–H and O–H groups in total. The van der Waals surface area contributed by atoms with E-state index in [1.54, 1.807) is 0 Å². The van der Waals surface area contributed by atoms with Crippen molar-refractivity contribution >= 4 is 0 Å². The van der Waals surface area contributed by atoms with Crippen LogP contribution in [0.15, 0.2) is 30.3 Å². The van der Waals surface area contributed by atoms with Crippen molar-refractivity contribution in [3.8, 4) is 0 Å². The summed E-state index contributed by atoms with van der Waals surface area (Å²) in [6, 6.07) is 10.6. The van der Waals surface area contributed by atoms with Crippen LogP contribution in [0.3, 0.4) is 0 Å². The molecule has 2 nitrogen and oxygen atoms in total. The molecule has 0 amide bonds. The Hall–Kier alpha value is -0.860. The molecule has 1 unspecified atom stereocenters. The fourth-order valence-electron chi connectivity index (χ4n) is 2.37. The zero-order chi connectivity index (χ0) is 10.3. The highest BCUT2D eigenvalue weighted by atomic mass is 16.6. The summed E-state index contributed by atoms with van der Waals surface area (Å²) in [5.41, 5.74) is 1.36. The van der Waals surface area contributed by atoms with Gasteiger partial charge in [0.05, 0.1) is 18.8 Å². The summed E-state index contributed by atoms with van der Waals surface area (Å²) in [5, 5.41) is 0. The molecule has 0 spiro atoms. The fraction of sp³-hybridized carbons (Fsp3) is 0.538. The van der Waals surface area contributed by atoms with E-state index in [0.717, 1.165) is 13.0 Å². The van der Waals surface area contributed by atoms with Gasteiger partial charge in [-0.05, 0) is 5.56 Å². The molecular formula is C13H16O2. The van der Waals surface area contributed by atoms with Gasteiger partial charge < -0.3 is 9.47 Å². The van der Waals surface area contributed by atoms with Gasteiger partial charge in [0.2, 0.25) is 0 Å². The standard InChI is InChI=1S/C13H16O2/c1-9(10-5-3-2-4-6-10)11-7-12-13(15-12)8-14-11/h2-6,9,11-13H,7-8H2,1H3/t9-,11+,12?,13-/m0/s1. The monoisotopic (exact) mass is 204 g/mol. The van der Waals surface area contributed by atoms with Gasteiger partial charge in [0, 0.05) is 12.3 Å². The SMILES string of the molecule is C[C@@H](c1ccccc1)[C@H]1CC2O[C@H]2CO1. The first kappa shape index (κ1) is 9.37. The van der Waals surface area contributed by atoms with Crippen molar-refractivity contribution in [3.63, 3.8) is 0 Å². The van der Waals surface area contributed by atoms with E-state index in [2.05, 4.69) is 37.3 Å². The topological polar surface area (TPSA) is 21.8 Å². The van der Waals surface area contributed by atoms with Crippen LogP contribution in [0.5, 0.6) is 0 Å².